The van der Waals surface area contributed by atoms with E-state index in [1.165, 1.54) is 12.0 Å². The van der Waals surface area contributed by atoms with Crippen LogP contribution in [0.3, 0.4) is 0 Å². The molecule has 0 aromatic carbocycles. The monoisotopic (exact) mass is 930 g/mol. The second kappa shape index (κ2) is 26.4. The number of carbonyl (C=O) groups excluding carboxylic acids is 5. The summed E-state index contributed by atoms with van der Waals surface area (Å²) in [5.74, 6) is -7.96. The Morgan fingerprint density at radius 2 is 1.56 bits per heavy atom. The van der Waals surface area contributed by atoms with Crippen molar-refractivity contribution in [2.45, 2.75) is 187 Å². The molecule has 66 heavy (non-hydrogen) atoms. The first-order valence-corrected chi connectivity index (χ1v) is 23.9. The average molecular weight is 930 g/mol. The van der Waals surface area contributed by atoms with Gasteiger partial charge in [0.2, 0.25) is 5.79 Å². The van der Waals surface area contributed by atoms with Gasteiger partial charge in [0.25, 0.3) is 11.7 Å². The highest BCUT2D eigenvalue weighted by Gasteiger charge is 2.53. The number of carbonyl (C=O) groups is 5. The van der Waals surface area contributed by atoms with Crippen LogP contribution < -0.4 is 0 Å². The maximum absolute atomic E-state index is 14.4. The van der Waals surface area contributed by atoms with Gasteiger partial charge >= 0.3 is 5.97 Å². The summed E-state index contributed by atoms with van der Waals surface area (Å²) in [5, 5.41) is 33.8. The maximum Gasteiger partial charge on any atom is 0.329 e. The van der Waals surface area contributed by atoms with Gasteiger partial charge in [-0.3, -0.25) is 19.2 Å². The Labute approximate surface area is 394 Å². The van der Waals surface area contributed by atoms with Crippen molar-refractivity contribution in [2.24, 2.45) is 35.5 Å². The fourth-order valence-corrected chi connectivity index (χ4v) is 10.1. The van der Waals surface area contributed by atoms with E-state index in [1.807, 2.05) is 58.1 Å². The van der Waals surface area contributed by atoms with Crippen LogP contribution in [-0.4, -0.2) is 132 Å². The molecule has 14 nitrogen and oxygen atoms in total. The number of ketones is 3. The lowest BCUT2D eigenvalue weighted by molar-refractivity contribution is -0.265. The lowest BCUT2D eigenvalue weighted by atomic mass is 9.78. The predicted octanol–water partition coefficient (Wildman–Crippen LogP) is 6.82. The fourth-order valence-electron chi connectivity index (χ4n) is 10.1. The Morgan fingerprint density at radius 1 is 0.848 bits per heavy atom. The zero-order valence-corrected chi connectivity index (χ0v) is 40.6. The molecule has 4 aliphatic rings. The number of aliphatic hydroxyl groups excluding tert-OH is 2. The first kappa shape index (κ1) is 57.0. The summed E-state index contributed by atoms with van der Waals surface area (Å²) in [4.78, 5) is 71.8. The minimum absolute atomic E-state index is 0. The van der Waals surface area contributed by atoms with E-state index in [2.05, 4.69) is 0 Å². The zero-order chi connectivity index (χ0) is 48.2. The van der Waals surface area contributed by atoms with Crippen LogP contribution in [-0.2, 0) is 47.7 Å². The average Bonchev–Trinajstić information content (AvgIpc) is 3.28. The topological polar surface area (TPSA) is 195 Å². The molecule has 2 bridgehead atoms. The number of cyclic esters (lactones) is 1. The molecule has 3 fully saturated rings. The summed E-state index contributed by atoms with van der Waals surface area (Å²) in [7, 11) is 4.52. The lowest BCUT2D eigenvalue weighted by Gasteiger charge is -2.42. The molecule has 3 N–H and O–H groups in total. The molecule has 0 aromatic rings. The minimum Gasteiger partial charge on any atom is -0.460 e. The minimum atomic E-state index is -2.43. The summed E-state index contributed by atoms with van der Waals surface area (Å²) in [6.45, 7) is 12.7. The van der Waals surface area contributed by atoms with E-state index in [-0.39, 0.29) is 62.2 Å². The second-order valence-corrected chi connectivity index (χ2v) is 19.6. The summed E-state index contributed by atoms with van der Waals surface area (Å²) < 4.78 is 29.4. The number of allylic oxidation sites excluding steroid dienone is 6. The Morgan fingerprint density at radius 3 is 2.23 bits per heavy atom. The van der Waals surface area contributed by atoms with E-state index in [0.29, 0.717) is 63.4 Å². The van der Waals surface area contributed by atoms with Crippen LogP contribution in [0.25, 0.3) is 0 Å². The summed E-state index contributed by atoms with van der Waals surface area (Å²) in [5.41, 5.74) is 1.27. The highest BCUT2D eigenvalue weighted by Crippen LogP contribution is 2.38. The Hall–Kier alpha value is -3.37. The molecule has 0 aromatic heterocycles. The summed E-state index contributed by atoms with van der Waals surface area (Å²) >= 11 is 0. The Bertz CT molecular complexity index is 1760. The molecule has 3 aliphatic heterocycles. The van der Waals surface area contributed by atoms with Gasteiger partial charge in [0, 0.05) is 58.5 Å². The highest BCUT2D eigenvalue weighted by molar-refractivity contribution is 6.39. The van der Waals surface area contributed by atoms with E-state index < -0.39 is 83.9 Å². The largest absolute Gasteiger partial charge is 0.460 e. The SMILES string of the molecule is C.CO[C@H]1C[C@@H]2CC[C@@H](C)[C@@](O)(O2)C(=O)C(=O)N2CCCC[C@H]2C(=O)O[C@H]([C@H](C)CC2CC[C@@H](O)[C@H](OC)C2)CC(=O)[C@H](C)/C=C(\C)[C@@H](O)[C@@H](OC)C(=O)[C@H](C)C[C@H](C)/C=C/C=C/C=C/1C. The van der Waals surface area contributed by atoms with Crippen molar-refractivity contribution in [1.29, 1.82) is 0 Å². The number of methoxy groups -OCH3 is 3. The van der Waals surface area contributed by atoms with Crippen LogP contribution in [0.1, 0.15) is 133 Å². The predicted molar refractivity (Wildman–Crippen MR) is 252 cm³/mol. The quantitative estimate of drug-likeness (QED) is 0.143. The molecule has 1 aliphatic carbocycles. The van der Waals surface area contributed by atoms with Crippen LogP contribution in [0.4, 0.5) is 0 Å². The van der Waals surface area contributed by atoms with Crippen LogP contribution in [0.5, 0.6) is 0 Å². The highest BCUT2D eigenvalue weighted by atomic mass is 16.6. The van der Waals surface area contributed by atoms with Gasteiger partial charge < -0.3 is 43.9 Å². The molecule has 15 atom stereocenters. The van der Waals surface area contributed by atoms with Gasteiger partial charge in [0.1, 0.15) is 30.1 Å². The van der Waals surface area contributed by atoms with Gasteiger partial charge in [-0.2, -0.15) is 0 Å². The fraction of sp³-hybridized carbons (Fsp3) is 0.750. The Balaban J connectivity index is 0.0000116. The number of nitrogens with zero attached hydrogens (tertiary/aromatic N) is 1. The molecule has 374 valence electrons. The zero-order valence-electron chi connectivity index (χ0n) is 40.6. The van der Waals surface area contributed by atoms with E-state index in [4.69, 9.17) is 23.7 Å². The smallest absolute Gasteiger partial charge is 0.329 e. The van der Waals surface area contributed by atoms with Gasteiger partial charge in [-0.1, -0.05) is 78.5 Å². The van der Waals surface area contributed by atoms with Crippen LogP contribution >= 0.6 is 0 Å². The summed E-state index contributed by atoms with van der Waals surface area (Å²) in [6.07, 6.45) is 11.2. The molecule has 14 heteroatoms. The standard InChI is InChI=1S/C51H79NO13.CH4/c1-30-16-12-11-13-17-31(2)42(61-8)28-38-21-19-36(7)51(60,65-38)48(57)49(58)52-23-15-14-18-39(52)50(59)64-43(33(4)26-37-20-22-40(53)44(27-37)62-9)29-41(54)32(3)25-35(6)46(56)47(63-10)45(55)34(5)24-30;/h11-13,16-17,25,30,32-34,36-40,42-44,46-47,53,56,60H,14-15,18-24,26-29H2,1-10H3;1H4/b13-11+,16-12+,31-17+,35-25+;/t30-,32-,33-,34-,36-,37?,38+,39+,40-,42+,43+,44-,46-,47+,51-;/m1./s1. The summed E-state index contributed by atoms with van der Waals surface area (Å²) in [6, 6.07) is -1.14. The number of fused-ring (bicyclic) bond motifs is 3. The van der Waals surface area contributed by atoms with E-state index >= 15 is 0 Å². The normalized spacial score (nSPS) is 39.8. The second-order valence-electron chi connectivity index (χ2n) is 19.6. The number of aliphatic hydroxyl groups is 3. The van der Waals surface area contributed by atoms with Crippen molar-refractivity contribution < 1.29 is 63.0 Å². The van der Waals surface area contributed by atoms with E-state index in [0.717, 1.165) is 12.0 Å². The van der Waals surface area contributed by atoms with E-state index in [1.54, 1.807) is 41.1 Å². The first-order valence-electron chi connectivity index (χ1n) is 23.9. The maximum atomic E-state index is 14.4. The number of Topliss-reactive ketones (excluding diaryl/α,β-unsaturated/α-hetero) is 3. The molecular formula is C52H83NO13. The molecule has 1 saturated carbocycles. The van der Waals surface area contributed by atoms with E-state index in [9.17, 15) is 39.3 Å². The van der Waals surface area contributed by atoms with Crippen molar-refractivity contribution in [3.63, 3.8) is 0 Å². The number of esters is 1. The number of ether oxygens (including phenoxy) is 5. The van der Waals surface area contributed by atoms with Crippen LogP contribution in [0, 0.1) is 35.5 Å². The van der Waals surface area contributed by atoms with Crippen molar-refractivity contribution in [3.05, 3.63) is 47.6 Å². The third kappa shape index (κ3) is 14.8. The van der Waals surface area contributed by atoms with Crippen molar-refractivity contribution >= 4 is 29.2 Å². The van der Waals surface area contributed by atoms with Gasteiger partial charge in [-0.25, -0.2) is 4.79 Å². The Kier molecular flexibility index (Phi) is 22.8. The van der Waals surface area contributed by atoms with Crippen molar-refractivity contribution in [3.8, 4) is 0 Å². The molecule has 4 rings (SSSR count). The third-order valence-electron chi connectivity index (χ3n) is 14.5. The molecule has 1 amide bonds. The first-order chi connectivity index (χ1) is 30.7. The molecular weight excluding hydrogens is 847 g/mol. The lowest BCUT2D eigenvalue weighted by Crippen LogP contribution is -2.61. The number of amides is 1. The van der Waals surface area contributed by atoms with Crippen LogP contribution in [0.15, 0.2) is 47.6 Å². The van der Waals surface area contributed by atoms with Gasteiger partial charge in [-0.15, -0.1) is 0 Å². The van der Waals surface area contributed by atoms with Crippen LogP contribution in [0.2, 0.25) is 0 Å². The number of hydrogen-bond donors (Lipinski definition) is 3. The third-order valence-corrected chi connectivity index (χ3v) is 14.5. The van der Waals surface area contributed by atoms with Gasteiger partial charge in [0.05, 0.1) is 24.4 Å². The number of rotatable bonds is 6. The van der Waals surface area contributed by atoms with Crippen molar-refractivity contribution in [2.75, 3.05) is 27.9 Å². The molecule has 1 unspecified atom stereocenters. The molecule has 2 saturated heterocycles. The molecule has 0 radical (unpaired) electrons. The van der Waals surface area contributed by atoms with Crippen molar-refractivity contribution in [1.82, 2.24) is 4.90 Å². The number of hydrogen-bond acceptors (Lipinski definition) is 13. The van der Waals surface area contributed by atoms with Gasteiger partial charge in [0.15, 0.2) is 5.78 Å². The number of piperidine rings is 1. The molecule has 0 spiro atoms. The van der Waals surface area contributed by atoms with Gasteiger partial charge in [-0.05, 0) is 107 Å². The molecule has 3 heterocycles.